The van der Waals surface area contributed by atoms with Gasteiger partial charge in [0.15, 0.2) is 12.0 Å². The highest BCUT2D eigenvalue weighted by atomic mass is 16.4. The first-order chi connectivity index (χ1) is 6.61. The Balaban J connectivity index is 2.66. The number of nitrogens with two attached hydrogens (primary N) is 2. The predicted octanol–water partition coefficient (Wildman–Crippen LogP) is 0.293. The minimum absolute atomic E-state index is 0.100. The second kappa shape index (κ2) is 4.83. The summed E-state index contributed by atoms with van der Waals surface area (Å²) in [6.07, 6.45) is 5.16. The first kappa shape index (κ1) is 10.8. The fourth-order valence-corrected chi connectivity index (χ4v) is 1.97. The fourth-order valence-electron chi connectivity index (χ4n) is 1.97. The highest BCUT2D eigenvalue weighted by molar-refractivity contribution is 5.81. The zero-order valence-electron chi connectivity index (χ0n) is 8.15. The van der Waals surface area contributed by atoms with Crippen molar-refractivity contribution in [1.82, 2.24) is 0 Å². The fraction of sp³-hybridized carbons (Fsp3) is 0.778. The summed E-state index contributed by atoms with van der Waals surface area (Å²) in [5.74, 6) is -0.961. The largest absolute Gasteiger partial charge is 0.480 e. The number of hydrogen-bond donors (Lipinski definition) is 3. The van der Waals surface area contributed by atoms with Crippen molar-refractivity contribution >= 4 is 11.9 Å². The quantitative estimate of drug-likeness (QED) is 0.449. The van der Waals surface area contributed by atoms with Crippen LogP contribution in [0.5, 0.6) is 0 Å². The molecule has 0 saturated heterocycles. The molecular weight excluding hydrogens is 182 g/mol. The van der Waals surface area contributed by atoms with Crippen molar-refractivity contribution in [3.63, 3.8) is 0 Å². The summed E-state index contributed by atoms with van der Waals surface area (Å²) >= 11 is 0. The van der Waals surface area contributed by atoms with Crippen LogP contribution in [-0.4, -0.2) is 23.1 Å². The summed E-state index contributed by atoms with van der Waals surface area (Å²) in [6, 6.07) is -0.750. The molecule has 1 atom stereocenters. The first-order valence-corrected chi connectivity index (χ1v) is 4.93. The minimum Gasteiger partial charge on any atom is -0.480 e. The maximum absolute atomic E-state index is 10.9. The maximum atomic E-state index is 10.9. The van der Waals surface area contributed by atoms with E-state index in [1.165, 1.54) is 6.42 Å². The molecule has 1 aliphatic carbocycles. The highest BCUT2D eigenvalue weighted by Crippen LogP contribution is 2.28. The molecule has 5 heteroatoms. The molecule has 5 nitrogen and oxygen atoms in total. The van der Waals surface area contributed by atoms with E-state index in [-0.39, 0.29) is 11.9 Å². The molecule has 0 radical (unpaired) electrons. The maximum Gasteiger partial charge on any atom is 0.328 e. The average Bonchev–Trinajstić information content (AvgIpc) is 2.15. The number of aliphatic imine (C=N–C) groups is 1. The predicted molar refractivity (Wildman–Crippen MR) is 53.8 cm³/mol. The van der Waals surface area contributed by atoms with Gasteiger partial charge in [0.05, 0.1) is 0 Å². The number of hydrogen-bond acceptors (Lipinski definition) is 2. The van der Waals surface area contributed by atoms with Crippen LogP contribution in [-0.2, 0) is 4.79 Å². The first-order valence-electron chi connectivity index (χ1n) is 4.93. The van der Waals surface area contributed by atoms with Crippen molar-refractivity contribution in [3.05, 3.63) is 0 Å². The zero-order chi connectivity index (χ0) is 10.6. The van der Waals surface area contributed by atoms with Crippen LogP contribution in [0, 0.1) is 5.92 Å². The Morgan fingerprint density at radius 3 is 2.29 bits per heavy atom. The van der Waals surface area contributed by atoms with Gasteiger partial charge in [-0.15, -0.1) is 0 Å². The summed E-state index contributed by atoms with van der Waals surface area (Å²) < 4.78 is 0. The summed E-state index contributed by atoms with van der Waals surface area (Å²) in [4.78, 5) is 14.7. The van der Waals surface area contributed by atoms with E-state index in [1.807, 2.05) is 0 Å². The smallest absolute Gasteiger partial charge is 0.328 e. The lowest BCUT2D eigenvalue weighted by Gasteiger charge is -2.24. The number of guanidine groups is 1. The van der Waals surface area contributed by atoms with Crippen LogP contribution in [0.15, 0.2) is 4.99 Å². The number of aliphatic carboxylic acids is 1. The molecule has 0 amide bonds. The molecule has 0 spiro atoms. The van der Waals surface area contributed by atoms with Crippen LogP contribution >= 0.6 is 0 Å². The summed E-state index contributed by atoms with van der Waals surface area (Å²) in [5, 5.41) is 8.96. The van der Waals surface area contributed by atoms with Crippen LogP contribution in [0.1, 0.15) is 32.1 Å². The summed E-state index contributed by atoms with van der Waals surface area (Å²) in [6.45, 7) is 0. The molecule has 0 aliphatic heterocycles. The molecular formula is C9H17N3O2. The lowest BCUT2D eigenvalue weighted by molar-refractivity contribution is -0.140. The second-order valence-corrected chi connectivity index (χ2v) is 3.74. The van der Waals surface area contributed by atoms with E-state index in [9.17, 15) is 4.79 Å². The molecule has 0 aromatic carbocycles. The third kappa shape index (κ3) is 2.90. The van der Waals surface area contributed by atoms with Gasteiger partial charge in [-0.2, -0.15) is 0 Å². The Labute approximate surface area is 83.2 Å². The van der Waals surface area contributed by atoms with Crippen LogP contribution in [0.2, 0.25) is 0 Å². The number of rotatable bonds is 3. The van der Waals surface area contributed by atoms with Crippen molar-refractivity contribution < 1.29 is 9.90 Å². The van der Waals surface area contributed by atoms with Crippen molar-refractivity contribution in [1.29, 1.82) is 0 Å². The number of carboxylic acid groups (broad SMARTS) is 1. The standard InChI is InChI=1S/C9H17N3O2/c10-9(11)12-7(8(13)14)6-4-2-1-3-5-6/h6-7H,1-5H2,(H,13,14)(H4,10,11,12). The zero-order valence-corrected chi connectivity index (χ0v) is 8.15. The molecule has 0 aromatic rings. The van der Waals surface area contributed by atoms with E-state index >= 15 is 0 Å². The van der Waals surface area contributed by atoms with Gasteiger partial charge in [-0.05, 0) is 18.8 Å². The molecule has 1 saturated carbocycles. The van der Waals surface area contributed by atoms with Gasteiger partial charge in [0.2, 0.25) is 0 Å². The van der Waals surface area contributed by atoms with Crippen molar-refractivity contribution in [2.24, 2.45) is 22.4 Å². The Bertz CT molecular complexity index is 230. The lowest BCUT2D eigenvalue weighted by Crippen LogP contribution is -2.34. The Kier molecular flexibility index (Phi) is 3.73. The van der Waals surface area contributed by atoms with Gasteiger partial charge in [-0.1, -0.05) is 19.3 Å². The van der Waals surface area contributed by atoms with Crippen LogP contribution in [0.25, 0.3) is 0 Å². The van der Waals surface area contributed by atoms with Gasteiger partial charge in [-0.3, -0.25) is 0 Å². The van der Waals surface area contributed by atoms with Crippen LogP contribution in [0.3, 0.4) is 0 Å². The van der Waals surface area contributed by atoms with E-state index < -0.39 is 12.0 Å². The van der Waals surface area contributed by atoms with Gasteiger partial charge in [0.1, 0.15) is 0 Å². The van der Waals surface area contributed by atoms with Crippen molar-refractivity contribution in [3.8, 4) is 0 Å². The van der Waals surface area contributed by atoms with Crippen molar-refractivity contribution in [2.75, 3.05) is 0 Å². The third-order valence-corrected chi connectivity index (χ3v) is 2.64. The number of carbonyl (C=O) groups is 1. The molecule has 1 aliphatic rings. The topological polar surface area (TPSA) is 102 Å². The van der Waals surface area contributed by atoms with Gasteiger partial charge in [0, 0.05) is 0 Å². The van der Waals surface area contributed by atoms with E-state index in [4.69, 9.17) is 16.6 Å². The van der Waals surface area contributed by atoms with Gasteiger partial charge in [-0.25, -0.2) is 9.79 Å². The van der Waals surface area contributed by atoms with E-state index in [0.29, 0.717) is 0 Å². The summed E-state index contributed by atoms with van der Waals surface area (Å²) in [7, 11) is 0. The SMILES string of the molecule is NC(N)=NC(C(=O)O)C1CCCCC1. The van der Waals surface area contributed by atoms with Gasteiger partial charge < -0.3 is 16.6 Å². The second-order valence-electron chi connectivity index (χ2n) is 3.74. The lowest BCUT2D eigenvalue weighted by atomic mass is 9.84. The number of nitrogens with zero attached hydrogens (tertiary/aromatic N) is 1. The molecule has 1 fully saturated rings. The Morgan fingerprint density at radius 2 is 1.86 bits per heavy atom. The van der Waals surface area contributed by atoms with Gasteiger partial charge >= 0.3 is 5.97 Å². The molecule has 14 heavy (non-hydrogen) atoms. The molecule has 5 N–H and O–H groups in total. The monoisotopic (exact) mass is 199 g/mol. The van der Waals surface area contributed by atoms with Crippen molar-refractivity contribution in [2.45, 2.75) is 38.1 Å². The van der Waals surface area contributed by atoms with Crippen LogP contribution < -0.4 is 11.5 Å². The molecule has 1 rings (SSSR count). The molecule has 0 aromatic heterocycles. The molecule has 1 unspecified atom stereocenters. The third-order valence-electron chi connectivity index (χ3n) is 2.64. The number of carboxylic acids is 1. The van der Waals surface area contributed by atoms with Gasteiger partial charge in [0.25, 0.3) is 0 Å². The summed E-state index contributed by atoms with van der Waals surface area (Å²) in [5.41, 5.74) is 10.4. The van der Waals surface area contributed by atoms with E-state index in [1.54, 1.807) is 0 Å². The molecule has 80 valence electrons. The normalized spacial score (nSPS) is 20.0. The molecule has 0 heterocycles. The highest BCUT2D eigenvalue weighted by Gasteiger charge is 2.28. The Hall–Kier alpha value is -1.26. The minimum atomic E-state index is -0.926. The molecule has 0 bridgehead atoms. The van der Waals surface area contributed by atoms with E-state index in [2.05, 4.69) is 4.99 Å². The Morgan fingerprint density at radius 1 is 1.29 bits per heavy atom. The van der Waals surface area contributed by atoms with Crippen LogP contribution in [0.4, 0.5) is 0 Å². The van der Waals surface area contributed by atoms with E-state index in [0.717, 1.165) is 25.7 Å². The average molecular weight is 199 g/mol.